The van der Waals surface area contributed by atoms with Crippen molar-refractivity contribution in [2.24, 2.45) is 35.3 Å². The van der Waals surface area contributed by atoms with Gasteiger partial charge in [0.15, 0.2) is 0 Å². The summed E-state index contributed by atoms with van der Waals surface area (Å²) in [6.45, 7) is 19.3. The van der Waals surface area contributed by atoms with Crippen LogP contribution in [-0.4, -0.2) is 102 Å². The molecular formula is C44H73N9O8. The molecule has 1 saturated heterocycles. The highest BCUT2D eigenvalue weighted by molar-refractivity contribution is 5.99. The molecule has 0 spiro atoms. The fourth-order valence-electron chi connectivity index (χ4n) is 6.86. The monoisotopic (exact) mass is 856 g/mol. The smallest absolute Gasteiger partial charge is 0.243 e. The molecule has 8 amide bonds. The lowest BCUT2D eigenvalue weighted by molar-refractivity contribution is -0.137. The van der Waals surface area contributed by atoms with Gasteiger partial charge in [0.25, 0.3) is 0 Å². The molecule has 0 bridgehead atoms. The molecule has 2 rings (SSSR count). The molecule has 1 aromatic carbocycles. The average Bonchev–Trinajstić information content (AvgIpc) is 3.17. The SMILES string of the molecule is CC(C)C[C@H]1NC(=O)[C@@H](Cc2ccccc2)NC(=O)[C@H](C(C)C)NC(=O)[C@H](CCCCN)NC(=O)[C@@H](C(C)C)NC(=O)[C@H](C(C)C)NC(=O)[C@@H](C)NC(=O)[C@H](C(C)C)NC1=O. The van der Waals surface area contributed by atoms with E-state index < -0.39 is 119 Å². The summed E-state index contributed by atoms with van der Waals surface area (Å²) in [6.07, 6.45) is 1.42. The Kier molecular flexibility index (Phi) is 21.4. The Morgan fingerprint density at radius 2 is 0.836 bits per heavy atom. The molecule has 0 saturated carbocycles. The van der Waals surface area contributed by atoms with E-state index in [9.17, 15) is 38.4 Å². The molecule has 1 aliphatic rings. The van der Waals surface area contributed by atoms with E-state index in [-0.39, 0.29) is 25.2 Å². The van der Waals surface area contributed by atoms with Crippen LogP contribution in [0.15, 0.2) is 30.3 Å². The molecular weight excluding hydrogens is 783 g/mol. The largest absolute Gasteiger partial charge is 0.343 e. The lowest BCUT2D eigenvalue weighted by atomic mass is 9.97. The van der Waals surface area contributed by atoms with Gasteiger partial charge >= 0.3 is 0 Å². The Morgan fingerprint density at radius 3 is 1.30 bits per heavy atom. The normalized spacial score (nSPS) is 26.2. The zero-order valence-electron chi connectivity index (χ0n) is 38.0. The van der Waals surface area contributed by atoms with Crippen LogP contribution in [0.4, 0.5) is 0 Å². The van der Waals surface area contributed by atoms with Crippen molar-refractivity contribution in [2.45, 2.75) is 157 Å². The summed E-state index contributed by atoms with van der Waals surface area (Å²) >= 11 is 0. The highest BCUT2D eigenvalue weighted by Gasteiger charge is 2.37. The van der Waals surface area contributed by atoms with Gasteiger partial charge in [0.1, 0.15) is 48.3 Å². The van der Waals surface area contributed by atoms with Crippen molar-refractivity contribution < 1.29 is 38.4 Å². The number of hydrogen-bond donors (Lipinski definition) is 9. The summed E-state index contributed by atoms with van der Waals surface area (Å²) in [5, 5.41) is 22.0. The van der Waals surface area contributed by atoms with Gasteiger partial charge < -0.3 is 48.3 Å². The minimum Gasteiger partial charge on any atom is -0.343 e. The van der Waals surface area contributed by atoms with Gasteiger partial charge in [-0.15, -0.1) is 0 Å². The summed E-state index contributed by atoms with van der Waals surface area (Å²) < 4.78 is 0. The van der Waals surface area contributed by atoms with Crippen LogP contribution in [0.3, 0.4) is 0 Å². The van der Waals surface area contributed by atoms with E-state index in [1.807, 2.05) is 19.9 Å². The quantitative estimate of drug-likeness (QED) is 0.135. The van der Waals surface area contributed by atoms with Crippen molar-refractivity contribution in [1.82, 2.24) is 42.5 Å². The minimum absolute atomic E-state index is 0.0436. The van der Waals surface area contributed by atoms with Gasteiger partial charge in [-0.3, -0.25) is 38.4 Å². The van der Waals surface area contributed by atoms with Crippen LogP contribution in [0.1, 0.15) is 107 Å². The number of carbonyl (C=O) groups is 8. The second-order valence-corrected chi connectivity index (χ2v) is 17.9. The number of carbonyl (C=O) groups excluding carboxylic acids is 8. The van der Waals surface area contributed by atoms with Gasteiger partial charge in [0.05, 0.1) is 0 Å². The highest BCUT2D eigenvalue weighted by atomic mass is 16.2. The van der Waals surface area contributed by atoms with Crippen LogP contribution in [0.25, 0.3) is 0 Å². The average molecular weight is 856 g/mol. The Morgan fingerprint density at radius 1 is 0.459 bits per heavy atom. The van der Waals surface area contributed by atoms with Crippen molar-refractivity contribution >= 4 is 47.3 Å². The Hall–Kier alpha value is -5.06. The second kappa shape index (κ2) is 25.0. The Balaban J connectivity index is 2.72. The molecule has 17 heteroatoms. The molecule has 0 aliphatic carbocycles. The van der Waals surface area contributed by atoms with Gasteiger partial charge in [-0.05, 0) is 74.3 Å². The Bertz CT molecular complexity index is 1650. The molecule has 61 heavy (non-hydrogen) atoms. The number of benzene rings is 1. The number of nitrogens with two attached hydrogens (primary N) is 1. The molecule has 10 N–H and O–H groups in total. The van der Waals surface area contributed by atoms with E-state index in [0.29, 0.717) is 19.4 Å². The first kappa shape index (κ1) is 52.1. The fourth-order valence-corrected chi connectivity index (χ4v) is 6.86. The van der Waals surface area contributed by atoms with Crippen molar-refractivity contribution in [2.75, 3.05) is 6.54 Å². The maximum Gasteiger partial charge on any atom is 0.243 e. The molecule has 1 fully saturated rings. The van der Waals surface area contributed by atoms with E-state index in [1.54, 1.807) is 79.7 Å². The maximum atomic E-state index is 14.2. The molecule has 1 aromatic rings. The first-order valence-corrected chi connectivity index (χ1v) is 21.7. The summed E-state index contributed by atoms with van der Waals surface area (Å²) in [7, 11) is 0. The third-order valence-electron chi connectivity index (χ3n) is 10.6. The third kappa shape index (κ3) is 16.7. The van der Waals surface area contributed by atoms with Crippen LogP contribution < -0.4 is 48.3 Å². The van der Waals surface area contributed by atoms with Gasteiger partial charge in [0.2, 0.25) is 47.3 Å². The van der Waals surface area contributed by atoms with Crippen LogP contribution in [0.5, 0.6) is 0 Å². The van der Waals surface area contributed by atoms with Crippen molar-refractivity contribution in [3.63, 3.8) is 0 Å². The van der Waals surface area contributed by atoms with E-state index >= 15 is 0 Å². The zero-order valence-corrected chi connectivity index (χ0v) is 38.0. The zero-order chi connectivity index (χ0) is 46.1. The first-order valence-electron chi connectivity index (χ1n) is 21.7. The van der Waals surface area contributed by atoms with Gasteiger partial charge in [-0.2, -0.15) is 0 Å². The number of hydrogen-bond acceptors (Lipinski definition) is 9. The van der Waals surface area contributed by atoms with Gasteiger partial charge in [-0.1, -0.05) is 99.6 Å². The number of nitrogens with one attached hydrogen (secondary N) is 8. The van der Waals surface area contributed by atoms with Crippen molar-refractivity contribution in [3.05, 3.63) is 35.9 Å². The minimum atomic E-state index is -1.20. The summed E-state index contributed by atoms with van der Waals surface area (Å²) in [5.74, 6) is -7.16. The summed E-state index contributed by atoms with van der Waals surface area (Å²) in [6, 6.07) is -0.141. The molecule has 342 valence electrons. The van der Waals surface area contributed by atoms with Gasteiger partial charge in [-0.25, -0.2) is 0 Å². The fraction of sp³-hybridized carbons (Fsp3) is 0.682. The van der Waals surface area contributed by atoms with E-state index in [0.717, 1.165) is 5.56 Å². The van der Waals surface area contributed by atoms with Gasteiger partial charge in [0, 0.05) is 6.42 Å². The molecule has 0 radical (unpaired) electrons. The van der Waals surface area contributed by atoms with Crippen molar-refractivity contribution in [1.29, 1.82) is 0 Å². The van der Waals surface area contributed by atoms with Crippen LogP contribution in [-0.2, 0) is 44.8 Å². The maximum absolute atomic E-state index is 14.2. The molecule has 17 nitrogen and oxygen atoms in total. The van der Waals surface area contributed by atoms with Crippen molar-refractivity contribution in [3.8, 4) is 0 Å². The standard InChI is InChI=1S/C44H73N9O8/c1-23(2)21-31-40(57)52-33(24(3)4)41(58)46-28(11)37(54)50-36(27(9)10)44(61)53-35(26(7)8)42(59)47-30(19-15-16-20-45)38(55)51-34(25(5)6)43(60)49-32(39(56)48-31)22-29-17-13-12-14-18-29/h12-14,17-18,23-28,30-36H,15-16,19-22,45H2,1-11H3,(H,46,58)(H,47,59)(H,48,56)(H,49,60)(H,50,54)(H,51,55)(H,52,57)(H,53,61)/t28-,30+,31-,32-,33+,34+,35-,36+/m1/s1. The van der Waals surface area contributed by atoms with Crippen LogP contribution >= 0.6 is 0 Å². The van der Waals surface area contributed by atoms with E-state index in [1.165, 1.54) is 6.92 Å². The number of unbranched alkanes of at least 4 members (excludes halogenated alkanes) is 1. The Labute approximate surface area is 361 Å². The second-order valence-electron chi connectivity index (χ2n) is 17.9. The van der Waals surface area contributed by atoms with Crippen LogP contribution in [0, 0.1) is 29.6 Å². The number of rotatable bonds is 12. The predicted molar refractivity (Wildman–Crippen MR) is 233 cm³/mol. The van der Waals surface area contributed by atoms with E-state index in [2.05, 4.69) is 42.5 Å². The summed E-state index contributed by atoms with van der Waals surface area (Å²) in [5.41, 5.74) is 6.47. The lowest BCUT2D eigenvalue weighted by Crippen LogP contribution is -2.63. The summed E-state index contributed by atoms with van der Waals surface area (Å²) in [4.78, 5) is 111. The topological polar surface area (TPSA) is 259 Å². The highest BCUT2D eigenvalue weighted by Crippen LogP contribution is 2.14. The molecule has 0 unspecified atom stereocenters. The molecule has 1 aliphatic heterocycles. The predicted octanol–water partition coefficient (Wildman–Crippen LogP) is 0.940. The molecule has 1 heterocycles. The molecule has 0 aromatic heterocycles. The molecule has 8 atom stereocenters. The third-order valence-corrected chi connectivity index (χ3v) is 10.6. The van der Waals surface area contributed by atoms with Crippen LogP contribution in [0.2, 0.25) is 0 Å². The lowest BCUT2D eigenvalue weighted by Gasteiger charge is -2.31. The first-order chi connectivity index (χ1) is 28.6. The van der Waals surface area contributed by atoms with E-state index in [4.69, 9.17) is 5.73 Å². The number of amides is 8.